The molecule has 1 N–H and O–H groups in total. The number of benzene rings is 1. The highest BCUT2D eigenvalue weighted by atomic mass is 79.9. The van der Waals surface area contributed by atoms with Gasteiger partial charge in [0.15, 0.2) is 0 Å². The lowest BCUT2D eigenvalue weighted by Gasteiger charge is -2.30. The number of ether oxygens (including phenoxy) is 1. The first-order chi connectivity index (χ1) is 10.0. The topological polar surface area (TPSA) is 46.5 Å². The molecule has 4 heteroatoms. The van der Waals surface area contributed by atoms with Crippen molar-refractivity contribution in [3.05, 3.63) is 34.3 Å². The van der Waals surface area contributed by atoms with Gasteiger partial charge in [-0.25, -0.2) is 0 Å². The molecule has 1 aromatic rings. The van der Waals surface area contributed by atoms with Crippen LogP contribution in [0.15, 0.2) is 28.7 Å². The van der Waals surface area contributed by atoms with Crippen LogP contribution in [-0.2, 0) is 15.1 Å². The highest BCUT2D eigenvalue weighted by Crippen LogP contribution is 2.31. The van der Waals surface area contributed by atoms with E-state index in [1.54, 1.807) is 0 Å². The lowest BCUT2D eigenvalue weighted by molar-refractivity contribution is -0.121. The summed E-state index contributed by atoms with van der Waals surface area (Å²) in [4.78, 5) is 11.9. The second-order valence-electron chi connectivity index (χ2n) is 5.45. The predicted molar refractivity (Wildman–Crippen MR) is 88.3 cm³/mol. The highest BCUT2D eigenvalue weighted by Gasteiger charge is 2.28. The molecule has 0 aliphatic rings. The Bertz CT molecular complexity index is 430. The molecular formula is C17H25BrO3. The third kappa shape index (κ3) is 6.29. The Hall–Kier alpha value is -0.710. The van der Waals surface area contributed by atoms with Gasteiger partial charge in [0.25, 0.3) is 0 Å². The summed E-state index contributed by atoms with van der Waals surface area (Å²) in [6, 6.07) is 7.93. The van der Waals surface area contributed by atoms with E-state index in [1.807, 2.05) is 31.2 Å². The zero-order valence-corrected chi connectivity index (χ0v) is 14.5. The van der Waals surface area contributed by atoms with Gasteiger partial charge in [0.2, 0.25) is 0 Å². The van der Waals surface area contributed by atoms with Crippen LogP contribution < -0.4 is 0 Å². The quantitative estimate of drug-likeness (QED) is 0.682. The van der Waals surface area contributed by atoms with E-state index in [-0.39, 0.29) is 19.0 Å². The van der Waals surface area contributed by atoms with Gasteiger partial charge in [-0.15, -0.1) is 0 Å². The van der Waals surface area contributed by atoms with Crippen LogP contribution in [0.4, 0.5) is 0 Å². The van der Waals surface area contributed by atoms with E-state index < -0.39 is 5.60 Å². The van der Waals surface area contributed by atoms with Crippen molar-refractivity contribution in [3.63, 3.8) is 0 Å². The minimum absolute atomic E-state index is 0.0180. The second-order valence-corrected chi connectivity index (χ2v) is 6.37. The van der Waals surface area contributed by atoms with E-state index in [0.29, 0.717) is 19.3 Å². The molecule has 0 bridgehead atoms. The summed E-state index contributed by atoms with van der Waals surface area (Å²) in [5.41, 5.74) is 0.494. The smallest absolute Gasteiger partial charge is 0.133 e. The van der Waals surface area contributed by atoms with Gasteiger partial charge in [0.1, 0.15) is 5.78 Å². The van der Waals surface area contributed by atoms with Gasteiger partial charge in [-0.1, -0.05) is 41.4 Å². The van der Waals surface area contributed by atoms with Crippen molar-refractivity contribution in [3.8, 4) is 0 Å². The maximum atomic E-state index is 11.9. The van der Waals surface area contributed by atoms with E-state index in [9.17, 15) is 4.79 Å². The molecule has 0 amide bonds. The average Bonchev–Trinajstić information content (AvgIpc) is 2.49. The standard InChI is InChI=1S/C17H25BrO3/c1-3-4-5-16(20)10-11-17(2,21-13-12-19)14-6-8-15(18)9-7-14/h6-9,19H,3-5,10-13H2,1-2H3. The third-order valence-electron chi connectivity index (χ3n) is 3.66. The summed E-state index contributed by atoms with van der Waals surface area (Å²) in [7, 11) is 0. The predicted octanol–water partition coefficient (Wildman–Crippen LogP) is 4.21. The summed E-state index contributed by atoms with van der Waals surface area (Å²) in [5.74, 6) is 0.285. The number of hydrogen-bond donors (Lipinski definition) is 1. The van der Waals surface area contributed by atoms with Crippen molar-refractivity contribution >= 4 is 21.7 Å². The molecule has 0 aliphatic carbocycles. The summed E-state index contributed by atoms with van der Waals surface area (Å²) in [6.45, 7) is 4.33. The summed E-state index contributed by atoms with van der Waals surface area (Å²) < 4.78 is 6.85. The monoisotopic (exact) mass is 356 g/mol. The zero-order chi connectivity index (χ0) is 15.7. The fourth-order valence-corrected chi connectivity index (χ4v) is 2.51. The van der Waals surface area contributed by atoms with Gasteiger partial charge in [-0.2, -0.15) is 0 Å². The fourth-order valence-electron chi connectivity index (χ4n) is 2.25. The number of hydrogen-bond acceptors (Lipinski definition) is 3. The molecule has 1 rings (SSSR count). The number of aliphatic hydroxyl groups excluding tert-OH is 1. The number of unbranched alkanes of at least 4 members (excludes halogenated alkanes) is 1. The summed E-state index contributed by atoms with van der Waals surface area (Å²) in [5, 5.41) is 9.01. The van der Waals surface area contributed by atoms with E-state index in [2.05, 4.69) is 22.9 Å². The molecule has 0 spiro atoms. The van der Waals surface area contributed by atoms with Crippen molar-refractivity contribution in [2.24, 2.45) is 0 Å². The molecule has 1 atom stereocenters. The molecule has 118 valence electrons. The normalized spacial score (nSPS) is 13.9. The molecule has 0 heterocycles. The molecule has 3 nitrogen and oxygen atoms in total. The Kier molecular flexibility index (Phi) is 8.15. The number of carbonyl (C=O) groups excluding carboxylic acids is 1. The lowest BCUT2D eigenvalue weighted by Crippen LogP contribution is -2.28. The minimum Gasteiger partial charge on any atom is -0.394 e. The van der Waals surface area contributed by atoms with E-state index in [1.165, 1.54) is 0 Å². The van der Waals surface area contributed by atoms with Crippen molar-refractivity contribution in [2.75, 3.05) is 13.2 Å². The first-order valence-corrected chi connectivity index (χ1v) is 8.33. The van der Waals surface area contributed by atoms with Crippen molar-refractivity contribution in [1.29, 1.82) is 0 Å². The van der Waals surface area contributed by atoms with Crippen molar-refractivity contribution in [2.45, 2.75) is 51.6 Å². The van der Waals surface area contributed by atoms with Gasteiger partial charge < -0.3 is 9.84 Å². The van der Waals surface area contributed by atoms with Crippen molar-refractivity contribution < 1.29 is 14.6 Å². The Morgan fingerprint density at radius 3 is 2.52 bits per heavy atom. The minimum atomic E-state index is -0.536. The molecule has 1 unspecified atom stereocenters. The Morgan fingerprint density at radius 1 is 1.29 bits per heavy atom. The van der Waals surface area contributed by atoms with Crippen molar-refractivity contribution in [1.82, 2.24) is 0 Å². The van der Waals surface area contributed by atoms with Gasteiger partial charge in [-0.3, -0.25) is 4.79 Å². The maximum absolute atomic E-state index is 11.9. The Morgan fingerprint density at radius 2 is 1.95 bits per heavy atom. The lowest BCUT2D eigenvalue weighted by atomic mass is 9.89. The van der Waals surface area contributed by atoms with E-state index in [0.717, 1.165) is 22.9 Å². The molecular weight excluding hydrogens is 332 g/mol. The van der Waals surface area contributed by atoms with Crippen LogP contribution in [0.2, 0.25) is 0 Å². The Balaban J connectivity index is 2.73. The first kappa shape index (κ1) is 18.3. The first-order valence-electron chi connectivity index (χ1n) is 7.54. The number of aliphatic hydroxyl groups is 1. The van der Waals surface area contributed by atoms with Gasteiger partial charge in [-0.05, 0) is 37.5 Å². The van der Waals surface area contributed by atoms with Crippen LogP contribution in [0.3, 0.4) is 0 Å². The molecule has 21 heavy (non-hydrogen) atoms. The summed E-state index contributed by atoms with van der Waals surface area (Å²) >= 11 is 3.42. The van der Waals surface area contributed by atoms with E-state index in [4.69, 9.17) is 9.84 Å². The SMILES string of the molecule is CCCCC(=O)CCC(C)(OCCO)c1ccc(Br)cc1. The number of rotatable bonds is 10. The molecule has 0 fully saturated rings. The number of carbonyl (C=O) groups is 1. The molecule has 0 aromatic heterocycles. The fraction of sp³-hybridized carbons (Fsp3) is 0.588. The van der Waals surface area contributed by atoms with E-state index >= 15 is 0 Å². The molecule has 0 radical (unpaired) electrons. The average molecular weight is 357 g/mol. The Labute approximate surface area is 135 Å². The van der Waals surface area contributed by atoms with Gasteiger partial charge >= 0.3 is 0 Å². The largest absolute Gasteiger partial charge is 0.394 e. The molecule has 1 aromatic carbocycles. The molecule has 0 saturated heterocycles. The van der Waals surface area contributed by atoms with Crippen LogP contribution >= 0.6 is 15.9 Å². The molecule has 0 saturated carbocycles. The van der Waals surface area contributed by atoms with Gasteiger partial charge in [0, 0.05) is 17.3 Å². The number of ketones is 1. The van der Waals surface area contributed by atoms with Crippen LogP contribution in [0.1, 0.15) is 51.5 Å². The number of Topliss-reactive ketones (excluding diaryl/α,β-unsaturated/α-hetero) is 1. The van der Waals surface area contributed by atoms with Gasteiger partial charge in [0.05, 0.1) is 18.8 Å². The van der Waals surface area contributed by atoms with Crippen LogP contribution in [0.25, 0.3) is 0 Å². The van der Waals surface area contributed by atoms with Crippen LogP contribution in [0.5, 0.6) is 0 Å². The third-order valence-corrected chi connectivity index (χ3v) is 4.19. The number of halogens is 1. The zero-order valence-electron chi connectivity index (χ0n) is 12.9. The summed E-state index contributed by atoms with van der Waals surface area (Å²) in [6.07, 6.45) is 3.78. The molecule has 0 aliphatic heterocycles. The maximum Gasteiger partial charge on any atom is 0.133 e. The second kappa shape index (κ2) is 9.34. The van der Waals surface area contributed by atoms with Crippen LogP contribution in [0, 0.1) is 0 Å². The van der Waals surface area contributed by atoms with Crippen LogP contribution in [-0.4, -0.2) is 24.1 Å². The highest BCUT2D eigenvalue weighted by molar-refractivity contribution is 9.10.